The third-order valence-corrected chi connectivity index (χ3v) is 2.40. The van der Waals surface area contributed by atoms with Gasteiger partial charge in [-0.3, -0.25) is 4.79 Å². The number of nitrogens with two attached hydrogens (primary N) is 1. The second kappa shape index (κ2) is 3.84. The predicted molar refractivity (Wildman–Crippen MR) is 52.1 cm³/mol. The highest BCUT2D eigenvalue weighted by Crippen LogP contribution is 2.28. The van der Waals surface area contributed by atoms with Crippen molar-refractivity contribution >= 4 is 5.97 Å². The number of hydrogen-bond acceptors (Lipinski definition) is 3. The molecule has 0 bridgehead atoms. The lowest BCUT2D eigenvalue weighted by molar-refractivity contribution is -0.144. The Hall–Kier alpha value is -1.29. The largest absolute Gasteiger partial charge is 0.480 e. The van der Waals surface area contributed by atoms with Crippen LogP contribution in [0, 0.1) is 6.92 Å². The number of furan rings is 1. The van der Waals surface area contributed by atoms with Crippen molar-refractivity contribution in [3.05, 3.63) is 23.7 Å². The van der Waals surface area contributed by atoms with E-state index in [0.717, 1.165) is 0 Å². The molecule has 0 radical (unpaired) electrons. The van der Waals surface area contributed by atoms with Crippen molar-refractivity contribution in [1.29, 1.82) is 0 Å². The summed E-state index contributed by atoms with van der Waals surface area (Å²) in [7, 11) is 0. The molecule has 0 aromatic carbocycles. The summed E-state index contributed by atoms with van der Waals surface area (Å²) in [5.74, 6) is 0.273. The fourth-order valence-electron chi connectivity index (χ4n) is 1.36. The molecule has 0 aliphatic heterocycles. The highest BCUT2D eigenvalue weighted by molar-refractivity contribution is 5.79. The van der Waals surface area contributed by atoms with Gasteiger partial charge in [-0.15, -0.1) is 0 Å². The van der Waals surface area contributed by atoms with Gasteiger partial charge in [-0.25, -0.2) is 0 Å². The van der Waals surface area contributed by atoms with Gasteiger partial charge in [0.1, 0.15) is 16.9 Å². The second-order valence-corrected chi connectivity index (χ2v) is 3.59. The van der Waals surface area contributed by atoms with Gasteiger partial charge in [-0.1, -0.05) is 0 Å². The fraction of sp³-hybridized carbons (Fsp3) is 0.500. The Balaban J connectivity index is 3.05. The first kappa shape index (κ1) is 10.8. The van der Waals surface area contributed by atoms with Crippen LogP contribution in [0.1, 0.15) is 24.9 Å². The molecular formula is C10H15NO3. The molecule has 4 heteroatoms. The Morgan fingerprint density at radius 2 is 2.29 bits per heavy atom. The summed E-state index contributed by atoms with van der Waals surface area (Å²) >= 11 is 0. The predicted octanol–water partition coefficient (Wildman–Crippen LogP) is 1.28. The number of aryl methyl sites for hydroxylation is 1. The van der Waals surface area contributed by atoms with Crippen molar-refractivity contribution in [2.45, 2.75) is 25.7 Å². The van der Waals surface area contributed by atoms with Gasteiger partial charge in [-0.2, -0.15) is 0 Å². The summed E-state index contributed by atoms with van der Waals surface area (Å²) in [6, 6.07) is 3.45. The van der Waals surface area contributed by atoms with Gasteiger partial charge >= 0.3 is 5.97 Å². The normalized spacial score (nSPS) is 15.1. The van der Waals surface area contributed by atoms with E-state index in [4.69, 9.17) is 15.3 Å². The first-order valence-electron chi connectivity index (χ1n) is 4.51. The van der Waals surface area contributed by atoms with Crippen molar-refractivity contribution in [1.82, 2.24) is 0 Å². The van der Waals surface area contributed by atoms with Crippen LogP contribution in [0.5, 0.6) is 0 Å². The van der Waals surface area contributed by atoms with Crippen LogP contribution in [0.25, 0.3) is 0 Å². The Kier molecular flexibility index (Phi) is 2.96. The van der Waals surface area contributed by atoms with Crippen molar-refractivity contribution in [3.63, 3.8) is 0 Å². The molecule has 0 aliphatic rings. The number of hydrogen-bond donors (Lipinski definition) is 2. The van der Waals surface area contributed by atoms with E-state index in [1.54, 1.807) is 26.0 Å². The Labute approximate surface area is 82.7 Å². The highest BCUT2D eigenvalue weighted by Gasteiger charge is 2.37. The molecule has 0 aliphatic carbocycles. The molecule has 1 aromatic rings. The lowest BCUT2D eigenvalue weighted by Crippen LogP contribution is -2.34. The molecule has 0 saturated heterocycles. The summed E-state index contributed by atoms with van der Waals surface area (Å²) < 4.78 is 5.33. The topological polar surface area (TPSA) is 76.5 Å². The molecule has 0 spiro atoms. The monoisotopic (exact) mass is 197 g/mol. The summed E-state index contributed by atoms with van der Waals surface area (Å²) in [6.07, 6.45) is 0.370. The zero-order valence-electron chi connectivity index (χ0n) is 8.41. The molecule has 4 nitrogen and oxygen atoms in total. The van der Waals surface area contributed by atoms with Crippen molar-refractivity contribution < 1.29 is 14.3 Å². The van der Waals surface area contributed by atoms with E-state index in [-0.39, 0.29) is 0 Å². The van der Waals surface area contributed by atoms with Crippen molar-refractivity contribution in [3.8, 4) is 0 Å². The van der Waals surface area contributed by atoms with Crippen molar-refractivity contribution in [2.24, 2.45) is 5.73 Å². The number of rotatable bonds is 4. The standard InChI is InChI=1S/C10H15NO3/c1-7-3-4-8(14-7)10(2,5-6-11)9(12)13/h3-4H,5-6,11H2,1-2H3,(H,12,13). The number of carboxylic acid groups (broad SMARTS) is 1. The molecule has 0 fully saturated rings. The first-order chi connectivity index (χ1) is 6.50. The molecule has 14 heavy (non-hydrogen) atoms. The zero-order chi connectivity index (χ0) is 10.8. The molecule has 1 heterocycles. The average Bonchev–Trinajstić information content (AvgIpc) is 2.52. The molecule has 1 atom stereocenters. The van der Waals surface area contributed by atoms with Gasteiger partial charge < -0.3 is 15.3 Å². The number of carbonyl (C=O) groups is 1. The number of carboxylic acids is 1. The molecule has 1 unspecified atom stereocenters. The van der Waals surface area contributed by atoms with Gasteiger partial charge in [-0.05, 0) is 38.9 Å². The number of aliphatic carboxylic acids is 1. The summed E-state index contributed by atoms with van der Waals surface area (Å²) in [6.45, 7) is 3.73. The van der Waals surface area contributed by atoms with Crippen LogP contribution >= 0.6 is 0 Å². The average molecular weight is 197 g/mol. The van der Waals surface area contributed by atoms with E-state index < -0.39 is 11.4 Å². The van der Waals surface area contributed by atoms with Crippen LogP contribution in [0.15, 0.2) is 16.5 Å². The van der Waals surface area contributed by atoms with Crippen LogP contribution in [0.2, 0.25) is 0 Å². The minimum Gasteiger partial charge on any atom is -0.480 e. The van der Waals surface area contributed by atoms with Crippen LogP contribution < -0.4 is 5.73 Å². The SMILES string of the molecule is Cc1ccc(C(C)(CCN)C(=O)O)o1. The maximum Gasteiger partial charge on any atom is 0.317 e. The first-order valence-corrected chi connectivity index (χ1v) is 4.51. The van der Waals surface area contributed by atoms with Crippen LogP contribution in [-0.2, 0) is 10.2 Å². The Morgan fingerprint density at radius 3 is 2.64 bits per heavy atom. The van der Waals surface area contributed by atoms with Crippen LogP contribution in [0.3, 0.4) is 0 Å². The second-order valence-electron chi connectivity index (χ2n) is 3.59. The third kappa shape index (κ3) is 1.80. The molecule has 1 rings (SSSR count). The molecular weight excluding hydrogens is 182 g/mol. The maximum atomic E-state index is 11.1. The minimum atomic E-state index is -1.01. The lowest BCUT2D eigenvalue weighted by Gasteiger charge is -2.21. The van der Waals surface area contributed by atoms with E-state index in [0.29, 0.717) is 24.5 Å². The Bertz CT molecular complexity index is 332. The molecule has 78 valence electrons. The molecule has 3 N–H and O–H groups in total. The van der Waals surface area contributed by atoms with Crippen LogP contribution in [0.4, 0.5) is 0 Å². The highest BCUT2D eigenvalue weighted by atomic mass is 16.4. The van der Waals surface area contributed by atoms with Crippen LogP contribution in [-0.4, -0.2) is 17.6 Å². The van der Waals surface area contributed by atoms with E-state index in [1.165, 1.54) is 0 Å². The Morgan fingerprint density at radius 1 is 1.64 bits per heavy atom. The van der Waals surface area contributed by atoms with Gasteiger partial charge in [0.15, 0.2) is 0 Å². The zero-order valence-corrected chi connectivity index (χ0v) is 8.41. The quantitative estimate of drug-likeness (QED) is 0.762. The van der Waals surface area contributed by atoms with Gasteiger partial charge in [0.2, 0.25) is 0 Å². The van der Waals surface area contributed by atoms with Gasteiger partial charge in [0.25, 0.3) is 0 Å². The summed E-state index contributed by atoms with van der Waals surface area (Å²) in [5.41, 5.74) is 4.38. The maximum absolute atomic E-state index is 11.1. The molecule has 0 amide bonds. The lowest BCUT2D eigenvalue weighted by atomic mass is 9.84. The third-order valence-electron chi connectivity index (χ3n) is 2.40. The molecule has 0 saturated carbocycles. The van der Waals surface area contributed by atoms with E-state index in [2.05, 4.69) is 0 Å². The van der Waals surface area contributed by atoms with Gasteiger partial charge in [0, 0.05) is 0 Å². The van der Waals surface area contributed by atoms with Crippen molar-refractivity contribution in [2.75, 3.05) is 6.54 Å². The smallest absolute Gasteiger partial charge is 0.317 e. The minimum absolute atomic E-state index is 0.322. The summed E-state index contributed by atoms with van der Waals surface area (Å²) in [5, 5.41) is 9.11. The van der Waals surface area contributed by atoms with Gasteiger partial charge in [0.05, 0.1) is 0 Å². The summed E-state index contributed by atoms with van der Waals surface area (Å²) in [4.78, 5) is 11.1. The fourth-order valence-corrected chi connectivity index (χ4v) is 1.36. The van der Waals surface area contributed by atoms with E-state index in [9.17, 15) is 4.79 Å². The van der Waals surface area contributed by atoms with E-state index >= 15 is 0 Å². The van der Waals surface area contributed by atoms with E-state index in [1.807, 2.05) is 0 Å². The molecule has 1 aromatic heterocycles.